The van der Waals surface area contributed by atoms with Crippen LogP contribution in [0.1, 0.15) is 34.6 Å². The zero-order chi connectivity index (χ0) is 17.3. The molecule has 0 radical (unpaired) electrons. The van der Waals surface area contributed by atoms with Crippen molar-refractivity contribution < 1.29 is 13.2 Å². The first-order valence-corrected chi connectivity index (χ1v) is 9.26. The van der Waals surface area contributed by atoms with Crippen LogP contribution in [0.25, 0.3) is 0 Å². The van der Waals surface area contributed by atoms with Crippen molar-refractivity contribution in [2.45, 2.75) is 31.9 Å². The summed E-state index contributed by atoms with van der Waals surface area (Å²) in [5.74, 6) is -0.330. The van der Waals surface area contributed by atoms with Crippen LogP contribution in [0.2, 0.25) is 0 Å². The Morgan fingerprint density at radius 2 is 1.83 bits per heavy atom. The molecule has 0 bridgehead atoms. The number of amides is 1. The van der Waals surface area contributed by atoms with E-state index in [0.29, 0.717) is 29.9 Å². The molecule has 3 rings (SSSR count). The highest BCUT2D eigenvalue weighted by molar-refractivity contribution is 7.93. The van der Waals surface area contributed by atoms with Crippen LogP contribution in [-0.4, -0.2) is 24.6 Å². The van der Waals surface area contributed by atoms with Crippen LogP contribution >= 0.6 is 0 Å². The maximum absolute atomic E-state index is 12.3. The molecule has 2 N–H and O–H groups in total. The molecule has 0 atom stereocenters. The lowest BCUT2D eigenvalue weighted by Gasteiger charge is -2.10. The van der Waals surface area contributed by atoms with Gasteiger partial charge in [0.25, 0.3) is 5.91 Å². The van der Waals surface area contributed by atoms with Gasteiger partial charge in [0.15, 0.2) is 0 Å². The third-order valence-corrected chi connectivity index (χ3v) is 5.54. The molecule has 0 saturated heterocycles. The topological polar surface area (TPSA) is 88.2 Å². The maximum atomic E-state index is 12.3. The maximum Gasteiger partial charge on any atom is 0.274 e. The predicted octanol–water partition coefficient (Wildman–Crippen LogP) is 2.85. The van der Waals surface area contributed by atoms with E-state index in [-0.39, 0.29) is 11.2 Å². The Morgan fingerprint density at radius 1 is 1.12 bits per heavy atom. The highest BCUT2D eigenvalue weighted by Gasteiger charge is 2.35. The molecule has 7 heteroatoms. The number of nitrogens with one attached hydrogen (secondary N) is 2. The van der Waals surface area contributed by atoms with Crippen molar-refractivity contribution in [2.24, 2.45) is 0 Å². The van der Waals surface area contributed by atoms with Gasteiger partial charge < -0.3 is 5.32 Å². The number of rotatable bonds is 5. The number of sulfonamides is 1. The summed E-state index contributed by atoms with van der Waals surface area (Å²) in [6, 6.07) is 10.3. The van der Waals surface area contributed by atoms with Gasteiger partial charge in [-0.05, 0) is 62.6 Å². The number of hydrogen-bond donors (Lipinski definition) is 2. The van der Waals surface area contributed by atoms with Gasteiger partial charge in [0.1, 0.15) is 5.69 Å². The van der Waals surface area contributed by atoms with Crippen LogP contribution < -0.4 is 10.0 Å². The number of carbonyl (C=O) groups excluding carboxylic acids is 1. The van der Waals surface area contributed by atoms with Crippen LogP contribution in [0.4, 0.5) is 11.4 Å². The number of aryl methyl sites for hydroxylation is 2. The van der Waals surface area contributed by atoms with Gasteiger partial charge in [0.05, 0.1) is 10.9 Å². The summed E-state index contributed by atoms with van der Waals surface area (Å²) in [5, 5.41) is 2.45. The van der Waals surface area contributed by atoms with Crippen LogP contribution in [-0.2, 0) is 10.0 Å². The van der Waals surface area contributed by atoms with E-state index in [1.165, 1.54) is 0 Å². The SMILES string of the molecule is Cc1cc(C)nc(C(=O)Nc2cccc(NS(=O)(=O)C3CC3)c2)c1. The van der Waals surface area contributed by atoms with Gasteiger partial charge in [-0.1, -0.05) is 6.07 Å². The van der Waals surface area contributed by atoms with Crippen molar-refractivity contribution in [1.82, 2.24) is 4.98 Å². The molecule has 126 valence electrons. The largest absolute Gasteiger partial charge is 0.321 e. The highest BCUT2D eigenvalue weighted by Crippen LogP contribution is 2.30. The van der Waals surface area contributed by atoms with E-state index in [0.717, 1.165) is 11.3 Å². The third kappa shape index (κ3) is 3.91. The van der Waals surface area contributed by atoms with Crippen LogP contribution in [0.15, 0.2) is 36.4 Å². The predicted molar refractivity (Wildman–Crippen MR) is 93.7 cm³/mol. The molecule has 0 aliphatic heterocycles. The zero-order valence-electron chi connectivity index (χ0n) is 13.5. The second-order valence-corrected chi connectivity index (χ2v) is 8.01. The van der Waals surface area contributed by atoms with Crippen molar-refractivity contribution in [3.63, 3.8) is 0 Å². The van der Waals surface area contributed by atoms with Crippen molar-refractivity contribution in [3.8, 4) is 0 Å². The van der Waals surface area contributed by atoms with E-state index in [9.17, 15) is 13.2 Å². The van der Waals surface area contributed by atoms with Crippen LogP contribution in [0.5, 0.6) is 0 Å². The molecular formula is C17H19N3O3S. The fourth-order valence-corrected chi connectivity index (χ4v) is 3.82. The molecule has 1 fully saturated rings. The van der Waals surface area contributed by atoms with Gasteiger partial charge in [-0.25, -0.2) is 13.4 Å². The molecule has 1 heterocycles. The molecule has 1 aromatic heterocycles. The number of nitrogens with zero attached hydrogens (tertiary/aromatic N) is 1. The number of hydrogen-bond acceptors (Lipinski definition) is 4. The Kier molecular flexibility index (Phi) is 4.28. The van der Waals surface area contributed by atoms with Gasteiger partial charge in [-0.3, -0.25) is 9.52 Å². The van der Waals surface area contributed by atoms with Crippen LogP contribution in [0, 0.1) is 13.8 Å². The van der Waals surface area contributed by atoms with Crippen molar-refractivity contribution in [1.29, 1.82) is 0 Å². The fraction of sp³-hybridized carbons (Fsp3) is 0.294. The molecular weight excluding hydrogens is 326 g/mol. The van der Waals surface area contributed by atoms with Crippen molar-refractivity contribution in [2.75, 3.05) is 10.0 Å². The quantitative estimate of drug-likeness (QED) is 0.872. The van der Waals surface area contributed by atoms with Crippen molar-refractivity contribution >= 4 is 27.3 Å². The molecule has 1 aliphatic rings. The Morgan fingerprint density at radius 3 is 2.50 bits per heavy atom. The highest BCUT2D eigenvalue weighted by atomic mass is 32.2. The first-order valence-electron chi connectivity index (χ1n) is 7.72. The Bertz CT molecular complexity index is 869. The van der Waals surface area contributed by atoms with Gasteiger partial charge in [-0.2, -0.15) is 0 Å². The number of benzene rings is 1. The summed E-state index contributed by atoms with van der Waals surface area (Å²) in [4.78, 5) is 16.5. The Balaban J connectivity index is 1.75. The van der Waals surface area contributed by atoms with E-state index in [1.54, 1.807) is 30.3 Å². The van der Waals surface area contributed by atoms with Gasteiger partial charge in [0.2, 0.25) is 10.0 Å². The summed E-state index contributed by atoms with van der Waals surface area (Å²) in [6.07, 6.45) is 1.40. The molecule has 1 saturated carbocycles. The molecule has 0 unspecified atom stereocenters. The number of aromatic nitrogens is 1. The molecule has 1 aliphatic carbocycles. The average molecular weight is 345 g/mol. The number of pyridine rings is 1. The minimum Gasteiger partial charge on any atom is -0.321 e. The van der Waals surface area contributed by atoms with E-state index >= 15 is 0 Å². The lowest BCUT2D eigenvalue weighted by atomic mass is 10.2. The second-order valence-electron chi connectivity index (χ2n) is 6.05. The lowest BCUT2D eigenvalue weighted by molar-refractivity contribution is 0.102. The standard InChI is InChI=1S/C17H19N3O3S/c1-11-8-12(2)18-16(9-11)17(21)19-13-4-3-5-14(10-13)20-24(22,23)15-6-7-15/h3-5,8-10,15,20H,6-7H2,1-2H3,(H,19,21). The smallest absolute Gasteiger partial charge is 0.274 e. The first-order chi connectivity index (χ1) is 11.3. The summed E-state index contributed by atoms with van der Waals surface area (Å²) < 4.78 is 26.5. The third-order valence-electron chi connectivity index (χ3n) is 3.67. The summed E-state index contributed by atoms with van der Waals surface area (Å²) >= 11 is 0. The van der Waals surface area contributed by atoms with E-state index < -0.39 is 10.0 Å². The minimum atomic E-state index is -3.32. The van der Waals surface area contributed by atoms with E-state index in [4.69, 9.17) is 0 Å². The summed E-state index contributed by atoms with van der Waals surface area (Å²) in [6.45, 7) is 3.73. The normalized spacial score (nSPS) is 14.2. The Hall–Kier alpha value is -2.41. The second kappa shape index (κ2) is 6.24. The van der Waals surface area contributed by atoms with E-state index in [2.05, 4.69) is 15.0 Å². The lowest BCUT2D eigenvalue weighted by Crippen LogP contribution is -2.18. The summed E-state index contributed by atoms with van der Waals surface area (Å²) in [5.41, 5.74) is 3.01. The Labute approximate surface area is 141 Å². The van der Waals surface area contributed by atoms with Gasteiger partial charge in [-0.15, -0.1) is 0 Å². The van der Waals surface area contributed by atoms with Crippen LogP contribution in [0.3, 0.4) is 0 Å². The zero-order valence-corrected chi connectivity index (χ0v) is 14.4. The number of carbonyl (C=O) groups is 1. The first kappa shape index (κ1) is 16.4. The van der Waals surface area contributed by atoms with E-state index in [1.807, 2.05) is 19.9 Å². The molecule has 1 aromatic carbocycles. The molecule has 0 spiro atoms. The van der Waals surface area contributed by atoms with Crippen molar-refractivity contribution in [3.05, 3.63) is 53.3 Å². The average Bonchev–Trinajstić information content (AvgIpc) is 3.31. The molecule has 1 amide bonds. The minimum absolute atomic E-state index is 0.296. The molecule has 24 heavy (non-hydrogen) atoms. The molecule has 2 aromatic rings. The number of anilines is 2. The van der Waals surface area contributed by atoms with Gasteiger partial charge >= 0.3 is 0 Å². The molecule has 6 nitrogen and oxygen atoms in total. The fourth-order valence-electron chi connectivity index (χ4n) is 2.44. The van der Waals surface area contributed by atoms with Gasteiger partial charge in [0, 0.05) is 11.4 Å². The summed E-state index contributed by atoms with van der Waals surface area (Å²) in [7, 11) is -3.32. The monoisotopic (exact) mass is 345 g/mol.